The molecule has 0 atom stereocenters. The van der Waals surface area contributed by atoms with Crippen molar-refractivity contribution in [2.45, 2.75) is 33.1 Å². The summed E-state index contributed by atoms with van der Waals surface area (Å²) in [6.45, 7) is 5.80. The molecule has 29 heavy (non-hydrogen) atoms. The van der Waals surface area contributed by atoms with E-state index >= 15 is 0 Å². The normalized spacial score (nSPS) is 18.5. The van der Waals surface area contributed by atoms with Gasteiger partial charge in [-0.15, -0.1) is 11.3 Å². The fourth-order valence-corrected chi connectivity index (χ4v) is 5.01. The highest BCUT2D eigenvalue weighted by Gasteiger charge is 2.41. The highest BCUT2D eigenvalue weighted by atomic mass is 32.1. The van der Waals surface area contributed by atoms with Crippen molar-refractivity contribution in [1.29, 1.82) is 0 Å². The van der Waals surface area contributed by atoms with E-state index in [-0.39, 0.29) is 45.8 Å². The molecule has 3 rings (SSSR count). The summed E-state index contributed by atoms with van der Waals surface area (Å²) in [4.78, 5) is 50.3. The van der Waals surface area contributed by atoms with Gasteiger partial charge in [0.25, 0.3) is 5.91 Å². The number of ether oxygens (including phenoxy) is 1. The monoisotopic (exact) mass is 422 g/mol. The van der Waals surface area contributed by atoms with Crippen LogP contribution in [0.5, 0.6) is 0 Å². The molecule has 0 aliphatic carbocycles. The first-order valence-corrected chi connectivity index (χ1v) is 10.5. The van der Waals surface area contributed by atoms with Crippen molar-refractivity contribution >= 4 is 40.0 Å². The van der Waals surface area contributed by atoms with Crippen molar-refractivity contribution in [2.24, 2.45) is 11.1 Å². The minimum atomic E-state index is -0.653. The molecule has 9 nitrogen and oxygen atoms in total. The van der Waals surface area contributed by atoms with E-state index in [4.69, 9.17) is 10.5 Å². The molecule has 1 spiro atoms. The van der Waals surface area contributed by atoms with E-state index in [1.54, 1.807) is 13.8 Å². The van der Waals surface area contributed by atoms with Gasteiger partial charge >= 0.3 is 5.97 Å². The van der Waals surface area contributed by atoms with Crippen molar-refractivity contribution in [2.75, 3.05) is 38.1 Å². The van der Waals surface area contributed by atoms with Crippen LogP contribution in [-0.2, 0) is 14.3 Å². The lowest BCUT2D eigenvalue weighted by atomic mass is 9.78. The highest BCUT2D eigenvalue weighted by molar-refractivity contribution is 7.18. The van der Waals surface area contributed by atoms with Gasteiger partial charge in [0.2, 0.25) is 11.8 Å². The molecular weight excluding hydrogens is 396 g/mol. The lowest BCUT2D eigenvalue weighted by Gasteiger charge is -2.37. The molecule has 2 aliphatic heterocycles. The van der Waals surface area contributed by atoms with Gasteiger partial charge < -0.3 is 21.1 Å². The molecule has 4 N–H and O–H groups in total. The predicted octanol–water partition coefficient (Wildman–Crippen LogP) is 0.873. The van der Waals surface area contributed by atoms with Crippen molar-refractivity contribution < 1.29 is 23.9 Å². The van der Waals surface area contributed by atoms with Crippen LogP contribution in [0.1, 0.15) is 51.8 Å². The second-order valence-electron chi connectivity index (χ2n) is 7.62. The number of hydrogen-bond donors (Lipinski definition) is 3. The fraction of sp³-hybridized carbons (Fsp3) is 0.579. The molecule has 10 heteroatoms. The number of thiophene rings is 1. The van der Waals surface area contributed by atoms with Crippen LogP contribution in [0.25, 0.3) is 0 Å². The molecule has 0 bridgehead atoms. The minimum Gasteiger partial charge on any atom is -0.462 e. The van der Waals surface area contributed by atoms with Gasteiger partial charge in [-0.3, -0.25) is 19.3 Å². The number of nitrogens with two attached hydrogens (primary N) is 1. The summed E-state index contributed by atoms with van der Waals surface area (Å²) in [5.74, 6) is -1.42. The van der Waals surface area contributed by atoms with Crippen LogP contribution >= 0.6 is 11.3 Å². The molecule has 1 aromatic heterocycles. The number of nitrogens with one attached hydrogen (secondary N) is 2. The Morgan fingerprint density at radius 1 is 1.31 bits per heavy atom. The van der Waals surface area contributed by atoms with Crippen molar-refractivity contribution in [3.63, 3.8) is 0 Å². The van der Waals surface area contributed by atoms with E-state index in [0.29, 0.717) is 18.5 Å². The van der Waals surface area contributed by atoms with Crippen LogP contribution in [0.4, 0.5) is 5.00 Å². The number of hydrogen-bond acceptors (Lipinski definition) is 7. The lowest BCUT2D eigenvalue weighted by Crippen LogP contribution is -2.44. The first-order valence-electron chi connectivity index (χ1n) is 9.64. The van der Waals surface area contributed by atoms with Crippen molar-refractivity contribution in [3.05, 3.63) is 16.0 Å². The average Bonchev–Trinajstić information content (AvgIpc) is 3.17. The quantitative estimate of drug-likeness (QED) is 0.583. The second-order valence-corrected chi connectivity index (χ2v) is 8.64. The maximum absolute atomic E-state index is 12.6. The third kappa shape index (κ3) is 4.59. The summed E-state index contributed by atoms with van der Waals surface area (Å²) in [5.41, 5.74) is 5.99. The number of anilines is 1. The minimum absolute atomic E-state index is 0.0163. The zero-order valence-electron chi connectivity index (χ0n) is 16.6. The fourth-order valence-electron chi connectivity index (χ4n) is 3.95. The number of carbonyl (C=O) groups excluding carboxylic acids is 4. The van der Waals surface area contributed by atoms with Crippen LogP contribution in [0.2, 0.25) is 0 Å². The molecule has 2 saturated heterocycles. The molecule has 2 fully saturated rings. The molecular formula is C19H26N4O5S. The molecule has 0 radical (unpaired) electrons. The second kappa shape index (κ2) is 8.50. The molecule has 1 aromatic rings. The van der Waals surface area contributed by atoms with E-state index in [0.717, 1.165) is 37.3 Å². The zero-order valence-corrected chi connectivity index (χ0v) is 17.4. The van der Waals surface area contributed by atoms with Crippen LogP contribution in [-0.4, -0.2) is 61.4 Å². The van der Waals surface area contributed by atoms with Gasteiger partial charge in [-0.2, -0.15) is 0 Å². The molecule has 3 heterocycles. The summed E-state index contributed by atoms with van der Waals surface area (Å²) < 4.78 is 5.06. The van der Waals surface area contributed by atoms with E-state index in [1.165, 1.54) is 0 Å². The maximum Gasteiger partial charge on any atom is 0.341 e. The van der Waals surface area contributed by atoms with Crippen molar-refractivity contribution in [1.82, 2.24) is 10.2 Å². The van der Waals surface area contributed by atoms with E-state index in [9.17, 15) is 19.2 Å². The Kier molecular flexibility index (Phi) is 6.23. The summed E-state index contributed by atoms with van der Waals surface area (Å²) in [6, 6.07) is 0. The van der Waals surface area contributed by atoms with Gasteiger partial charge in [0, 0.05) is 13.0 Å². The van der Waals surface area contributed by atoms with Gasteiger partial charge in [-0.05, 0) is 50.8 Å². The molecule has 2 aliphatic rings. The van der Waals surface area contributed by atoms with Gasteiger partial charge in [-0.1, -0.05) is 0 Å². The SMILES string of the molecule is CCOC(=O)c1c(NC(=O)CN2CCC3(CC2)CNC(=O)C3)sc(C(N)=O)c1C. The molecule has 0 aromatic carbocycles. The topological polar surface area (TPSA) is 131 Å². The van der Waals surface area contributed by atoms with E-state index < -0.39 is 11.9 Å². The average molecular weight is 423 g/mol. The lowest BCUT2D eigenvalue weighted by molar-refractivity contribution is -0.120. The first-order chi connectivity index (χ1) is 13.7. The molecule has 158 valence electrons. The van der Waals surface area contributed by atoms with Gasteiger partial charge in [0.15, 0.2) is 0 Å². The Hall–Kier alpha value is -2.46. The Bertz CT molecular complexity index is 842. The van der Waals surface area contributed by atoms with Gasteiger partial charge in [-0.25, -0.2) is 4.79 Å². The smallest absolute Gasteiger partial charge is 0.341 e. The third-order valence-corrected chi connectivity index (χ3v) is 6.80. The van der Waals surface area contributed by atoms with Crippen LogP contribution in [0, 0.1) is 12.3 Å². The van der Waals surface area contributed by atoms with Crippen molar-refractivity contribution in [3.8, 4) is 0 Å². The highest BCUT2D eigenvalue weighted by Crippen LogP contribution is 2.37. The Balaban J connectivity index is 1.65. The van der Waals surface area contributed by atoms with E-state index in [1.807, 2.05) is 4.90 Å². The number of carbonyl (C=O) groups is 4. The number of amides is 3. The number of rotatable bonds is 6. The number of primary amides is 1. The number of likely N-dealkylation sites (tertiary alicyclic amines) is 1. The van der Waals surface area contributed by atoms with Crippen LogP contribution < -0.4 is 16.4 Å². The molecule has 0 saturated carbocycles. The van der Waals surface area contributed by atoms with Crippen LogP contribution in [0.15, 0.2) is 0 Å². The van der Waals surface area contributed by atoms with Gasteiger partial charge in [0.05, 0.1) is 23.6 Å². The standard InChI is InChI=1S/C19H26N4O5S/c1-3-28-18(27)14-11(2)15(16(20)26)29-17(14)22-13(25)9-23-6-4-19(5-7-23)8-12(24)21-10-19/h3-10H2,1-2H3,(H2,20,26)(H,21,24)(H,22,25). The summed E-state index contributed by atoms with van der Waals surface area (Å²) >= 11 is 0.983. The predicted molar refractivity (Wildman–Crippen MR) is 108 cm³/mol. The largest absolute Gasteiger partial charge is 0.462 e. The summed E-state index contributed by atoms with van der Waals surface area (Å²) in [5, 5.41) is 5.92. The zero-order chi connectivity index (χ0) is 21.2. The number of piperidine rings is 1. The number of esters is 1. The van der Waals surface area contributed by atoms with Gasteiger partial charge in [0.1, 0.15) is 5.00 Å². The Labute approximate surface area is 172 Å². The Morgan fingerprint density at radius 2 is 2.00 bits per heavy atom. The maximum atomic E-state index is 12.6. The van der Waals surface area contributed by atoms with Crippen LogP contribution in [0.3, 0.4) is 0 Å². The van der Waals surface area contributed by atoms with E-state index in [2.05, 4.69) is 10.6 Å². The first kappa shape index (κ1) is 21.3. The third-order valence-electron chi connectivity index (χ3n) is 5.58. The molecule has 0 unspecified atom stereocenters. The number of nitrogens with zero attached hydrogens (tertiary/aromatic N) is 1. The summed E-state index contributed by atoms with van der Waals surface area (Å²) in [6.07, 6.45) is 2.27. The molecule has 3 amide bonds. The summed E-state index contributed by atoms with van der Waals surface area (Å²) in [7, 11) is 0. The Morgan fingerprint density at radius 3 is 2.55 bits per heavy atom.